The number of rotatable bonds is 2. The highest BCUT2D eigenvalue weighted by Gasteiger charge is 2.21. The molecule has 0 aliphatic carbocycles. The average molecular weight is 226 g/mol. The zero-order chi connectivity index (χ0) is 10.8. The van der Waals surface area contributed by atoms with Gasteiger partial charge in [0.2, 0.25) is 5.95 Å². The van der Waals surface area contributed by atoms with Gasteiger partial charge in [-0.2, -0.15) is 0 Å². The van der Waals surface area contributed by atoms with E-state index in [1.807, 2.05) is 13.0 Å². The summed E-state index contributed by atoms with van der Waals surface area (Å²) in [5.74, 6) is 2.04. The highest BCUT2D eigenvalue weighted by Crippen LogP contribution is 2.20. The van der Waals surface area contributed by atoms with E-state index in [0.717, 1.165) is 36.3 Å². The van der Waals surface area contributed by atoms with E-state index in [-0.39, 0.29) is 0 Å². The van der Waals surface area contributed by atoms with Gasteiger partial charge in [0, 0.05) is 18.8 Å². The maximum absolute atomic E-state index is 5.80. The predicted octanol–water partition coefficient (Wildman–Crippen LogP) is 2.37. The van der Waals surface area contributed by atoms with Crippen LogP contribution in [0.1, 0.15) is 24.7 Å². The van der Waals surface area contributed by atoms with Crippen LogP contribution >= 0.6 is 11.6 Å². The van der Waals surface area contributed by atoms with Gasteiger partial charge in [-0.15, -0.1) is 11.6 Å². The van der Waals surface area contributed by atoms with Gasteiger partial charge in [0.05, 0.1) is 11.6 Å². The van der Waals surface area contributed by atoms with Crippen LogP contribution in [0.5, 0.6) is 0 Å². The van der Waals surface area contributed by atoms with Crippen molar-refractivity contribution in [1.29, 1.82) is 0 Å². The molecule has 0 bridgehead atoms. The molecule has 1 aliphatic rings. The average Bonchev–Trinajstić information content (AvgIpc) is 2.64. The molecule has 1 atom stereocenters. The Bertz CT molecular complexity index is 354. The summed E-state index contributed by atoms with van der Waals surface area (Å²) in [5, 5.41) is 0. The van der Waals surface area contributed by atoms with Gasteiger partial charge >= 0.3 is 0 Å². The van der Waals surface area contributed by atoms with Gasteiger partial charge in [0.15, 0.2) is 0 Å². The molecule has 0 radical (unpaired) electrons. The van der Waals surface area contributed by atoms with Crippen LogP contribution in [0, 0.1) is 12.8 Å². The fraction of sp³-hybridized carbons (Fsp3) is 0.636. The summed E-state index contributed by atoms with van der Waals surface area (Å²) in [5.41, 5.74) is 1.91. The lowest BCUT2D eigenvalue weighted by molar-refractivity contribution is 0.658. The fourth-order valence-electron chi connectivity index (χ4n) is 1.94. The summed E-state index contributed by atoms with van der Waals surface area (Å²) in [6.45, 7) is 6.37. The van der Waals surface area contributed by atoms with Crippen molar-refractivity contribution in [2.75, 3.05) is 18.0 Å². The quantitative estimate of drug-likeness (QED) is 0.724. The minimum Gasteiger partial charge on any atom is -0.341 e. The molecule has 4 heteroatoms. The Morgan fingerprint density at radius 2 is 2.33 bits per heavy atom. The first-order valence-corrected chi connectivity index (χ1v) is 5.88. The van der Waals surface area contributed by atoms with Gasteiger partial charge in [-0.05, 0) is 25.3 Å². The molecule has 2 heterocycles. The summed E-state index contributed by atoms with van der Waals surface area (Å²) in [4.78, 5) is 11.1. The Balaban J connectivity index is 2.24. The third-order valence-electron chi connectivity index (χ3n) is 2.74. The Morgan fingerprint density at radius 1 is 1.53 bits per heavy atom. The SMILES string of the molecule is Cc1cc(CCl)nc(N2CCC(C)C2)n1. The molecule has 1 aromatic rings. The maximum atomic E-state index is 5.80. The van der Waals surface area contributed by atoms with Crippen molar-refractivity contribution in [3.05, 3.63) is 17.5 Å². The molecule has 1 unspecified atom stereocenters. The number of hydrogen-bond donors (Lipinski definition) is 0. The third kappa shape index (κ3) is 2.40. The lowest BCUT2D eigenvalue weighted by Gasteiger charge is -2.16. The molecule has 3 nitrogen and oxygen atoms in total. The summed E-state index contributed by atoms with van der Waals surface area (Å²) in [7, 11) is 0. The summed E-state index contributed by atoms with van der Waals surface area (Å²) in [6.07, 6.45) is 1.23. The van der Waals surface area contributed by atoms with Crippen LogP contribution in [0.25, 0.3) is 0 Å². The van der Waals surface area contributed by atoms with E-state index in [0.29, 0.717) is 5.88 Å². The van der Waals surface area contributed by atoms with Crippen LogP contribution in [-0.2, 0) is 5.88 Å². The molecular formula is C11H16ClN3. The van der Waals surface area contributed by atoms with Crippen molar-refractivity contribution >= 4 is 17.5 Å². The van der Waals surface area contributed by atoms with Crippen molar-refractivity contribution in [3.8, 4) is 0 Å². The zero-order valence-electron chi connectivity index (χ0n) is 9.20. The normalized spacial score (nSPS) is 21.0. The largest absolute Gasteiger partial charge is 0.341 e. The van der Waals surface area contributed by atoms with Crippen molar-refractivity contribution < 1.29 is 0 Å². The smallest absolute Gasteiger partial charge is 0.225 e. The van der Waals surface area contributed by atoms with E-state index in [2.05, 4.69) is 21.8 Å². The lowest BCUT2D eigenvalue weighted by atomic mass is 10.2. The van der Waals surface area contributed by atoms with E-state index >= 15 is 0 Å². The number of halogens is 1. The number of hydrogen-bond acceptors (Lipinski definition) is 3. The molecule has 1 aliphatic heterocycles. The van der Waals surface area contributed by atoms with E-state index in [1.165, 1.54) is 6.42 Å². The van der Waals surface area contributed by atoms with E-state index < -0.39 is 0 Å². The molecule has 1 aromatic heterocycles. The van der Waals surface area contributed by atoms with E-state index in [4.69, 9.17) is 11.6 Å². The van der Waals surface area contributed by atoms with E-state index in [1.54, 1.807) is 0 Å². The molecule has 0 N–H and O–H groups in total. The topological polar surface area (TPSA) is 29.0 Å². The minimum atomic E-state index is 0.458. The molecule has 0 saturated carbocycles. The van der Waals surface area contributed by atoms with Crippen LogP contribution in [0.2, 0.25) is 0 Å². The summed E-state index contributed by atoms with van der Waals surface area (Å²) >= 11 is 5.80. The van der Waals surface area contributed by atoms with Gasteiger partial charge in [0.25, 0.3) is 0 Å². The first kappa shape index (κ1) is 10.7. The second-order valence-corrected chi connectivity index (χ2v) is 4.54. The number of aromatic nitrogens is 2. The molecule has 0 amide bonds. The molecule has 1 saturated heterocycles. The fourth-order valence-corrected chi connectivity index (χ4v) is 2.08. The molecule has 82 valence electrons. The molecule has 0 spiro atoms. The molecule has 1 fully saturated rings. The second-order valence-electron chi connectivity index (χ2n) is 4.27. The second kappa shape index (κ2) is 4.35. The van der Waals surface area contributed by atoms with Crippen molar-refractivity contribution in [2.45, 2.75) is 26.1 Å². The number of nitrogens with zero attached hydrogens (tertiary/aromatic N) is 3. The zero-order valence-corrected chi connectivity index (χ0v) is 9.96. The van der Waals surface area contributed by atoms with Gasteiger partial charge in [-0.25, -0.2) is 9.97 Å². The molecule has 15 heavy (non-hydrogen) atoms. The minimum absolute atomic E-state index is 0.458. The number of alkyl halides is 1. The number of aryl methyl sites for hydroxylation is 1. The molecule has 2 rings (SSSR count). The maximum Gasteiger partial charge on any atom is 0.225 e. The van der Waals surface area contributed by atoms with Gasteiger partial charge < -0.3 is 4.90 Å². The van der Waals surface area contributed by atoms with Gasteiger partial charge in [0.1, 0.15) is 0 Å². The van der Waals surface area contributed by atoms with Crippen LogP contribution < -0.4 is 4.90 Å². The highest BCUT2D eigenvalue weighted by atomic mass is 35.5. The van der Waals surface area contributed by atoms with E-state index in [9.17, 15) is 0 Å². The van der Waals surface area contributed by atoms with Crippen LogP contribution in [-0.4, -0.2) is 23.1 Å². The van der Waals surface area contributed by atoms with Crippen LogP contribution in [0.3, 0.4) is 0 Å². The van der Waals surface area contributed by atoms with Crippen LogP contribution in [0.15, 0.2) is 6.07 Å². The summed E-state index contributed by atoms with van der Waals surface area (Å²) in [6, 6.07) is 1.94. The first-order valence-electron chi connectivity index (χ1n) is 5.34. The van der Waals surface area contributed by atoms with Gasteiger partial charge in [-0.3, -0.25) is 0 Å². The van der Waals surface area contributed by atoms with Gasteiger partial charge in [-0.1, -0.05) is 6.92 Å². The monoisotopic (exact) mass is 225 g/mol. The lowest BCUT2D eigenvalue weighted by Crippen LogP contribution is -2.22. The Kier molecular flexibility index (Phi) is 3.10. The van der Waals surface area contributed by atoms with Crippen molar-refractivity contribution in [2.24, 2.45) is 5.92 Å². The Hall–Kier alpha value is -0.830. The highest BCUT2D eigenvalue weighted by molar-refractivity contribution is 6.16. The van der Waals surface area contributed by atoms with Crippen molar-refractivity contribution in [1.82, 2.24) is 9.97 Å². The molecular weight excluding hydrogens is 210 g/mol. The third-order valence-corrected chi connectivity index (χ3v) is 3.01. The predicted molar refractivity (Wildman–Crippen MR) is 62.3 cm³/mol. The standard InChI is InChI=1S/C11H16ClN3/c1-8-3-4-15(7-8)11-13-9(2)5-10(6-12)14-11/h5,8H,3-4,6-7H2,1-2H3. The van der Waals surface area contributed by atoms with Crippen molar-refractivity contribution in [3.63, 3.8) is 0 Å². The number of anilines is 1. The first-order chi connectivity index (χ1) is 7.19. The Labute approximate surface area is 95.5 Å². The van der Waals surface area contributed by atoms with Crippen LogP contribution in [0.4, 0.5) is 5.95 Å². The molecule has 0 aromatic carbocycles. The Morgan fingerprint density at radius 3 is 2.93 bits per heavy atom. The summed E-state index contributed by atoms with van der Waals surface area (Å²) < 4.78 is 0.